The molecule has 0 aromatic heterocycles. The molecule has 0 aromatic carbocycles. The first kappa shape index (κ1) is 56.1. The van der Waals surface area contributed by atoms with Gasteiger partial charge >= 0.3 is 0 Å². The van der Waals surface area contributed by atoms with Gasteiger partial charge in [-0.2, -0.15) is 0 Å². The maximum atomic E-state index is 9.70. The first-order valence-electron chi connectivity index (χ1n) is 11.6. The van der Waals surface area contributed by atoms with Crippen LogP contribution in [0, 0.1) is 21.7 Å². The van der Waals surface area contributed by atoms with E-state index < -0.39 is 0 Å². The molecular formula is C28H57NO4Y2-4. The monoisotopic (exact) mass is 649 g/mol. The Morgan fingerprint density at radius 2 is 0.943 bits per heavy atom. The first-order chi connectivity index (χ1) is 14.6. The largest absolute Gasteiger partial charge is 0.545 e. The van der Waals surface area contributed by atoms with E-state index in [1.165, 1.54) is 19.3 Å². The van der Waals surface area contributed by atoms with E-state index in [-0.39, 0.29) is 76.2 Å². The minimum absolute atomic E-state index is 0. The molecule has 0 atom stereocenters. The second-order valence-electron chi connectivity index (χ2n) is 12.4. The quantitative estimate of drug-likeness (QED) is 0.198. The second-order valence-corrected chi connectivity index (χ2v) is 12.4. The molecule has 0 aliphatic heterocycles. The Balaban J connectivity index is -0.0000000423. The summed E-state index contributed by atoms with van der Waals surface area (Å²) in [6.07, 6.45) is 10.0. The summed E-state index contributed by atoms with van der Waals surface area (Å²) < 4.78 is 0. The van der Waals surface area contributed by atoms with E-state index in [2.05, 4.69) is 67.5 Å². The van der Waals surface area contributed by atoms with E-state index in [0.29, 0.717) is 17.3 Å². The summed E-state index contributed by atoms with van der Waals surface area (Å²) in [5, 5.41) is 2.81. The Bertz CT molecular complexity index is 393. The number of nitrogens with one attached hydrogen (secondary N) is 1. The fourth-order valence-corrected chi connectivity index (χ4v) is 0.883. The molecule has 0 bridgehead atoms. The van der Waals surface area contributed by atoms with Crippen molar-refractivity contribution in [3.8, 4) is 0 Å². The summed E-state index contributed by atoms with van der Waals surface area (Å²) in [7, 11) is 1.80. The van der Waals surface area contributed by atoms with Crippen LogP contribution in [0.15, 0.2) is 0 Å². The Morgan fingerprint density at radius 1 is 0.686 bits per heavy atom. The van der Waals surface area contributed by atoms with Crippen molar-refractivity contribution >= 4 is 25.6 Å². The van der Waals surface area contributed by atoms with Gasteiger partial charge in [0.2, 0.25) is 0 Å². The van der Waals surface area contributed by atoms with Gasteiger partial charge in [0, 0.05) is 65.4 Å². The van der Waals surface area contributed by atoms with Gasteiger partial charge in [0.25, 0.3) is 0 Å². The normalized spacial score (nSPS) is 9.80. The Hall–Kier alpha value is 0.848. The van der Waals surface area contributed by atoms with Crippen molar-refractivity contribution in [1.29, 1.82) is 0 Å². The molecule has 1 N–H and O–H groups in total. The van der Waals surface area contributed by atoms with Crippen molar-refractivity contribution in [3.63, 3.8) is 0 Å². The van der Waals surface area contributed by atoms with Crippen LogP contribution >= 0.6 is 0 Å². The molecule has 0 rings (SSSR count). The second kappa shape index (κ2) is 34.8. The van der Waals surface area contributed by atoms with Crippen molar-refractivity contribution in [2.45, 2.75) is 123 Å². The molecular weight excluding hydrogens is 592 g/mol. The Labute approximate surface area is 271 Å². The summed E-state index contributed by atoms with van der Waals surface area (Å²) >= 11 is 0. The molecule has 7 heteroatoms. The minimum Gasteiger partial charge on any atom is -0.545 e. The predicted molar refractivity (Wildman–Crippen MR) is 145 cm³/mol. The third-order valence-corrected chi connectivity index (χ3v) is 2.37. The number of rotatable bonds is 5. The zero-order valence-electron chi connectivity index (χ0n) is 25.9. The summed E-state index contributed by atoms with van der Waals surface area (Å²) in [5.41, 5.74) is 0.524. The third-order valence-electron chi connectivity index (χ3n) is 2.37. The van der Waals surface area contributed by atoms with Gasteiger partial charge in [-0.15, -0.1) is 17.3 Å². The van der Waals surface area contributed by atoms with Crippen LogP contribution in [0.4, 0.5) is 0 Å². The average molecular weight is 650 g/mol. The van der Waals surface area contributed by atoms with E-state index >= 15 is 0 Å². The van der Waals surface area contributed by atoms with Gasteiger partial charge in [-0.05, 0) is 30.8 Å². The van der Waals surface area contributed by atoms with E-state index in [9.17, 15) is 14.4 Å². The van der Waals surface area contributed by atoms with Crippen molar-refractivity contribution in [1.82, 2.24) is 5.32 Å². The number of carbonyl (C=O) groups excluding carboxylic acids is 4. The fraction of sp³-hybridized carbons (Fsp3) is 0.857. The smallest absolute Gasteiger partial charge is 0 e. The standard InChI is InChI=1S/C8H18.2C5H9O.C5H12.C4H8NO.CHO.2Y/c1-5-6-7-8(2,3)4;2*1-5(2,3)4-6;1-5(2,3)4;1-5-3-2-4-6;1-2;;/h5-7H2,1-4H3;2*1-3H3;1-4H3;5H,2-3H2,1H3;1H;;/q;2*-1;;2*-1;;. The molecule has 0 aliphatic rings. The fourth-order valence-electron chi connectivity index (χ4n) is 0.883. The van der Waals surface area contributed by atoms with E-state index in [4.69, 9.17) is 4.79 Å². The Kier molecular flexibility index (Phi) is 55.9. The van der Waals surface area contributed by atoms with E-state index in [1.807, 2.05) is 54.1 Å². The zero-order valence-corrected chi connectivity index (χ0v) is 31.6. The van der Waals surface area contributed by atoms with Crippen molar-refractivity contribution < 1.29 is 84.6 Å². The molecule has 0 spiro atoms. The molecule has 0 aromatic rings. The molecule has 0 amide bonds. The molecule has 2 radical (unpaired) electrons. The van der Waals surface area contributed by atoms with Crippen LogP contribution in [-0.2, 0) is 84.6 Å². The van der Waals surface area contributed by atoms with Gasteiger partial charge in [-0.1, -0.05) is 110 Å². The van der Waals surface area contributed by atoms with E-state index in [0.717, 1.165) is 6.54 Å². The maximum absolute atomic E-state index is 9.70. The molecule has 0 fully saturated rings. The topological polar surface area (TPSA) is 80.3 Å². The van der Waals surface area contributed by atoms with Gasteiger partial charge in [0.15, 0.2) is 0 Å². The summed E-state index contributed by atoms with van der Waals surface area (Å²) in [6, 6.07) is 0. The first-order valence-corrected chi connectivity index (χ1v) is 11.6. The average Bonchev–Trinajstić information content (AvgIpc) is 2.65. The maximum Gasteiger partial charge on any atom is 0 e. The molecule has 208 valence electrons. The van der Waals surface area contributed by atoms with Gasteiger partial charge in [-0.3, -0.25) is 25.6 Å². The minimum atomic E-state index is -0.264. The van der Waals surface area contributed by atoms with Crippen molar-refractivity contribution in [3.05, 3.63) is 0 Å². The number of hydrogen-bond acceptors (Lipinski definition) is 5. The molecule has 0 saturated heterocycles. The zero-order chi connectivity index (χ0) is 28.4. The third kappa shape index (κ3) is 171. The van der Waals surface area contributed by atoms with E-state index in [1.54, 1.807) is 13.3 Å². The predicted octanol–water partition coefficient (Wildman–Crippen LogP) is 6.99. The molecule has 35 heavy (non-hydrogen) atoms. The van der Waals surface area contributed by atoms with Crippen LogP contribution in [0.5, 0.6) is 0 Å². The van der Waals surface area contributed by atoms with Crippen LogP contribution < -0.4 is 5.32 Å². The van der Waals surface area contributed by atoms with Crippen LogP contribution in [-0.4, -0.2) is 39.2 Å². The Morgan fingerprint density at radius 3 is 1.00 bits per heavy atom. The summed E-state index contributed by atoms with van der Waals surface area (Å²) in [5.74, 6) is 0. The number of unbranched alkanes of at least 4 members (excludes halogenated alkanes) is 1. The van der Waals surface area contributed by atoms with Gasteiger partial charge in [0.1, 0.15) is 0 Å². The van der Waals surface area contributed by atoms with Crippen LogP contribution in [0.1, 0.15) is 123 Å². The molecule has 0 aliphatic carbocycles. The van der Waals surface area contributed by atoms with Gasteiger partial charge < -0.3 is 24.5 Å². The van der Waals surface area contributed by atoms with Crippen LogP contribution in [0.25, 0.3) is 0 Å². The number of hydrogen-bond donors (Lipinski definition) is 1. The van der Waals surface area contributed by atoms with Crippen molar-refractivity contribution in [2.24, 2.45) is 21.7 Å². The van der Waals surface area contributed by atoms with Gasteiger partial charge in [0.05, 0.1) is 0 Å². The van der Waals surface area contributed by atoms with Crippen LogP contribution in [0.2, 0.25) is 0 Å². The molecule has 0 saturated carbocycles. The summed E-state index contributed by atoms with van der Waals surface area (Å²) in [4.78, 5) is 36.6. The van der Waals surface area contributed by atoms with Crippen LogP contribution in [0.3, 0.4) is 0 Å². The molecule has 0 heterocycles. The summed E-state index contributed by atoms with van der Waals surface area (Å²) in [6.45, 7) is 32.8. The van der Waals surface area contributed by atoms with Gasteiger partial charge in [-0.25, -0.2) is 0 Å². The molecule has 5 nitrogen and oxygen atoms in total. The SMILES string of the molecule is CC(C)(C)C.CC(C)(C)[C-]=O.CC(C)(C)[C-]=O.CCCCC(C)(C)C.CNCC[C-]=O.[CH-]=O.[Y].[Y]. The molecule has 0 unspecified atom stereocenters. The van der Waals surface area contributed by atoms with Crippen molar-refractivity contribution in [2.75, 3.05) is 13.6 Å².